The zero-order valence-electron chi connectivity index (χ0n) is 10.5. The van der Waals surface area contributed by atoms with E-state index in [1.54, 1.807) is 0 Å². The molecule has 0 aromatic heterocycles. The lowest BCUT2D eigenvalue weighted by Crippen LogP contribution is -2.33. The van der Waals surface area contributed by atoms with E-state index in [-0.39, 0.29) is 0 Å². The Balaban J connectivity index is 2.90. The van der Waals surface area contributed by atoms with Crippen LogP contribution in [-0.4, -0.2) is 25.1 Å². The van der Waals surface area contributed by atoms with Gasteiger partial charge in [0, 0.05) is 28.6 Å². The first-order chi connectivity index (χ1) is 8.13. The highest BCUT2D eigenvalue weighted by molar-refractivity contribution is 9.10. The lowest BCUT2D eigenvalue weighted by Gasteiger charge is -2.29. The van der Waals surface area contributed by atoms with Crippen LogP contribution in [0.2, 0.25) is 0 Å². The van der Waals surface area contributed by atoms with Crippen molar-refractivity contribution in [2.75, 3.05) is 24.0 Å². The van der Waals surface area contributed by atoms with Crippen molar-refractivity contribution in [2.45, 2.75) is 24.7 Å². The molecule has 0 aliphatic heterocycles. The van der Waals surface area contributed by atoms with Crippen LogP contribution in [0.5, 0.6) is 0 Å². The fourth-order valence-electron chi connectivity index (χ4n) is 1.81. The molecule has 0 amide bonds. The van der Waals surface area contributed by atoms with E-state index in [1.807, 2.05) is 11.8 Å². The highest BCUT2D eigenvalue weighted by Crippen LogP contribution is 2.29. The van der Waals surface area contributed by atoms with Crippen LogP contribution in [0, 0.1) is 0 Å². The van der Waals surface area contributed by atoms with Crippen LogP contribution in [-0.2, 0) is 5.33 Å². The van der Waals surface area contributed by atoms with Gasteiger partial charge in [-0.3, -0.25) is 0 Å². The number of hydrogen-bond donors (Lipinski definition) is 0. The molecular weight excluding hydrogens is 362 g/mol. The summed E-state index contributed by atoms with van der Waals surface area (Å²) in [6, 6.07) is 7.16. The van der Waals surface area contributed by atoms with E-state index in [2.05, 4.69) is 75.2 Å². The summed E-state index contributed by atoms with van der Waals surface area (Å²) in [6.45, 7) is 2.25. The van der Waals surface area contributed by atoms with Crippen LogP contribution in [0.1, 0.15) is 18.9 Å². The highest BCUT2D eigenvalue weighted by Gasteiger charge is 2.15. The second kappa shape index (κ2) is 7.70. The van der Waals surface area contributed by atoms with E-state index in [9.17, 15) is 0 Å². The van der Waals surface area contributed by atoms with Crippen molar-refractivity contribution in [3.8, 4) is 0 Å². The Labute approximate surface area is 126 Å². The monoisotopic (exact) mass is 379 g/mol. The Hall–Kier alpha value is 0.330. The average Bonchev–Trinajstić information content (AvgIpc) is 2.35. The van der Waals surface area contributed by atoms with Crippen molar-refractivity contribution in [1.29, 1.82) is 0 Å². The van der Waals surface area contributed by atoms with Gasteiger partial charge in [-0.1, -0.05) is 28.9 Å². The standard InChI is InChI=1S/C13H19Br2NS/c1-4-11(9-17-3)16(2)13-6-5-10(8-14)7-12(13)15/h5-7,11H,4,8-9H2,1-3H3. The normalized spacial score (nSPS) is 12.5. The van der Waals surface area contributed by atoms with Gasteiger partial charge in [0.05, 0.1) is 5.69 Å². The Kier molecular flexibility index (Phi) is 6.97. The molecule has 4 heteroatoms. The molecule has 1 aromatic carbocycles. The van der Waals surface area contributed by atoms with Gasteiger partial charge in [0.15, 0.2) is 0 Å². The Bertz CT molecular complexity index is 357. The Morgan fingerprint density at radius 2 is 2.12 bits per heavy atom. The number of benzene rings is 1. The molecule has 1 unspecified atom stereocenters. The topological polar surface area (TPSA) is 3.24 Å². The fourth-order valence-corrected chi connectivity index (χ4v) is 3.71. The molecule has 0 aliphatic rings. The summed E-state index contributed by atoms with van der Waals surface area (Å²) < 4.78 is 1.18. The van der Waals surface area contributed by atoms with Crippen molar-refractivity contribution in [3.05, 3.63) is 28.2 Å². The first kappa shape index (κ1) is 15.4. The first-order valence-electron chi connectivity index (χ1n) is 5.70. The summed E-state index contributed by atoms with van der Waals surface area (Å²) in [4.78, 5) is 2.37. The molecule has 0 radical (unpaired) electrons. The molecular formula is C13H19Br2NS. The lowest BCUT2D eigenvalue weighted by atomic mass is 10.1. The SMILES string of the molecule is CCC(CSC)N(C)c1ccc(CBr)cc1Br. The van der Waals surface area contributed by atoms with Crippen LogP contribution in [0.4, 0.5) is 5.69 Å². The zero-order chi connectivity index (χ0) is 12.8. The summed E-state index contributed by atoms with van der Waals surface area (Å²) in [5.41, 5.74) is 2.57. The molecule has 1 rings (SSSR count). The van der Waals surface area contributed by atoms with E-state index in [0.29, 0.717) is 6.04 Å². The predicted molar refractivity (Wildman–Crippen MR) is 87.6 cm³/mol. The zero-order valence-corrected chi connectivity index (χ0v) is 14.5. The molecule has 0 aliphatic carbocycles. The van der Waals surface area contributed by atoms with Crippen LogP contribution < -0.4 is 4.90 Å². The Morgan fingerprint density at radius 3 is 2.59 bits per heavy atom. The number of rotatable bonds is 6. The number of thioether (sulfide) groups is 1. The van der Waals surface area contributed by atoms with Gasteiger partial charge in [-0.15, -0.1) is 0 Å². The van der Waals surface area contributed by atoms with Gasteiger partial charge in [0.2, 0.25) is 0 Å². The maximum Gasteiger partial charge on any atom is 0.0511 e. The van der Waals surface area contributed by atoms with E-state index in [4.69, 9.17) is 0 Å². The second-order valence-electron chi connectivity index (χ2n) is 4.05. The molecule has 0 fully saturated rings. The molecule has 0 bridgehead atoms. The van der Waals surface area contributed by atoms with Crippen molar-refractivity contribution in [1.82, 2.24) is 0 Å². The van der Waals surface area contributed by atoms with Crippen LogP contribution >= 0.6 is 43.6 Å². The minimum absolute atomic E-state index is 0.594. The van der Waals surface area contributed by atoms with Gasteiger partial charge in [0.1, 0.15) is 0 Å². The largest absolute Gasteiger partial charge is 0.370 e. The minimum atomic E-state index is 0.594. The molecule has 0 heterocycles. The Morgan fingerprint density at radius 1 is 1.41 bits per heavy atom. The summed E-state index contributed by atoms with van der Waals surface area (Å²) in [6.07, 6.45) is 3.34. The molecule has 0 saturated carbocycles. The molecule has 0 saturated heterocycles. The predicted octanol–water partition coefficient (Wildman–Crippen LogP) is 4.92. The number of alkyl halides is 1. The molecule has 17 heavy (non-hydrogen) atoms. The fraction of sp³-hybridized carbons (Fsp3) is 0.538. The smallest absolute Gasteiger partial charge is 0.0511 e. The molecule has 1 aromatic rings. The third kappa shape index (κ3) is 4.18. The van der Waals surface area contributed by atoms with Crippen molar-refractivity contribution in [3.63, 3.8) is 0 Å². The summed E-state index contributed by atoms with van der Waals surface area (Å²) >= 11 is 9.06. The van der Waals surface area contributed by atoms with Gasteiger partial charge < -0.3 is 4.90 Å². The number of nitrogens with zero attached hydrogens (tertiary/aromatic N) is 1. The van der Waals surface area contributed by atoms with Crippen LogP contribution in [0.25, 0.3) is 0 Å². The van der Waals surface area contributed by atoms with Crippen LogP contribution in [0.15, 0.2) is 22.7 Å². The molecule has 0 spiro atoms. The van der Waals surface area contributed by atoms with Gasteiger partial charge in [-0.2, -0.15) is 11.8 Å². The quantitative estimate of drug-likeness (QED) is 0.644. The van der Waals surface area contributed by atoms with Crippen molar-refractivity contribution >= 4 is 49.3 Å². The first-order valence-corrected chi connectivity index (χ1v) is 9.01. The average molecular weight is 381 g/mol. The molecule has 0 N–H and O–H groups in total. The van der Waals surface area contributed by atoms with Gasteiger partial charge >= 0.3 is 0 Å². The van der Waals surface area contributed by atoms with Crippen molar-refractivity contribution in [2.24, 2.45) is 0 Å². The molecule has 1 nitrogen and oxygen atoms in total. The van der Waals surface area contributed by atoms with Crippen LogP contribution in [0.3, 0.4) is 0 Å². The van der Waals surface area contributed by atoms with E-state index in [0.717, 1.165) is 5.33 Å². The number of anilines is 1. The highest BCUT2D eigenvalue weighted by atomic mass is 79.9. The summed E-state index contributed by atoms with van der Waals surface area (Å²) in [5.74, 6) is 1.17. The number of hydrogen-bond acceptors (Lipinski definition) is 2. The van der Waals surface area contributed by atoms with E-state index in [1.165, 1.54) is 27.9 Å². The second-order valence-corrected chi connectivity index (χ2v) is 6.37. The third-order valence-corrected chi connectivity index (χ3v) is 4.93. The van der Waals surface area contributed by atoms with Gasteiger partial charge in [-0.25, -0.2) is 0 Å². The van der Waals surface area contributed by atoms with Gasteiger partial charge in [0.25, 0.3) is 0 Å². The minimum Gasteiger partial charge on any atom is -0.370 e. The third-order valence-electron chi connectivity index (χ3n) is 2.92. The summed E-state index contributed by atoms with van der Waals surface area (Å²) in [7, 11) is 2.18. The van der Waals surface area contributed by atoms with Gasteiger partial charge in [-0.05, 0) is 46.3 Å². The van der Waals surface area contributed by atoms with E-state index >= 15 is 0 Å². The lowest BCUT2D eigenvalue weighted by molar-refractivity contribution is 0.672. The summed E-state index contributed by atoms with van der Waals surface area (Å²) in [5, 5.41) is 0.900. The maximum atomic E-state index is 3.67. The van der Waals surface area contributed by atoms with E-state index < -0.39 is 0 Å². The van der Waals surface area contributed by atoms with Crippen molar-refractivity contribution < 1.29 is 0 Å². The maximum absolute atomic E-state index is 3.67. The number of halogens is 2. The molecule has 96 valence electrons. The molecule has 1 atom stereocenters.